The highest BCUT2D eigenvalue weighted by Crippen LogP contribution is 2.29. The van der Waals surface area contributed by atoms with Gasteiger partial charge in [0.25, 0.3) is 5.91 Å². The highest BCUT2D eigenvalue weighted by Gasteiger charge is 2.28. The van der Waals surface area contributed by atoms with E-state index in [1.165, 1.54) is 12.3 Å². The minimum absolute atomic E-state index is 0.0929. The van der Waals surface area contributed by atoms with Crippen molar-refractivity contribution in [3.05, 3.63) is 58.9 Å². The van der Waals surface area contributed by atoms with E-state index in [0.29, 0.717) is 10.00 Å². The molecule has 1 amide bonds. The first-order chi connectivity index (χ1) is 9.80. The van der Waals surface area contributed by atoms with Crippen LogP contribution in [0.4, 0.5) is 5.69 Å². The van der Waals surface area contributed by atoms with Crippen molar-refractivity contribution in [2.45, 2.75) is 6.92 Å². The molecule has 1 aromatic heterocycles. The molecule has 1 aromatic carbocycles. The molecule has 0 fully saturated rings. The highest BCUT2D eigenvalue weighted by atomic mass is 35.5. The summed E-state index contributed by atoms with van der Waals surface area (Å²) in [4.78, 5) is 16.5. The number of sulfonamides is 1. The molecule has 0 saturated heterocycles. The number of anilines is 1. The van der Waals surface area contributed by atoms with Gasteiger partial charge in [0.05, 0.1) is 17.0 Å². The van der Waals surface area contributed by atoms with E-state index in [1.807, 2.05) is 0 Å². The van der Waals surface area contributed by atoms with E-state index in [4.69, 9.17) is 11.6 Å². The third-order valence-corrected chi connectivity index (χ3v) is 4.04. The van der Waals surface area contributed by atoms with Gasteiger partial charge in [-0.15, -0.1) is 0 Å². The number of hydrogen-bond acceptors (Lipinski definition) is 4. The van der Waals surface area contributed by atoms with Crippen LogP contribution in [0.1, 0.15) is 16.1 Å². The molecule has 0 radical (unpaired) electrons. The number of benzene rings is 1. The fourth-order valence-electron chi connectivity index (χ4n) is 1.82. The molecule has 110 valence electrons. The smallest absolute Gasteiger partial charge is 0.268 e. The summed E-state index contributed by atoms with van der Waals surface area (Å²) in [6.07, 6.45) is 2.28. The predicted molar refractivity (Wildman–Crippen MR) is 82.1 cm³/mol. The SMILES string of the molecule is Cc1cc(N(C(=O)c2ccccc2)S(C)(=O)=O)c(Cl)cn1. The molecule has 0 spiro atoms. The van der Waals surface area contributed by atoms with Gasteiger partial charge in [-0.05, 0) is 25.1 Å². The van der Waals surface area contributed by atoms with E-state index in [-0.39, 0.29) is 16.3 Å². The normalized spacial score (nSPS) is 11.2. The van der Waals surface area contributed by atoms with Crippen molar-refractivity contribution in [1.82, 2.24) is 4.98 Å². The molecule has 2 aromatic rings. The summed E-state index contributed by atoms with van der Waals surface area (Å²) >= 11 is 6.01. The monoisotopic (exact) mass is 324 g/mol. The van der Waals surface area contributed by atoms with Crippen LogP contribution in [-0.4, -0.2) is 25.6 Å². The minimum atomic E-state index is -3.83. The molecule has 0 atom stereocenters. The molecule has 0 bridgehead atoms. The topological polar surface area (TPSA) is 67.3 Å². The van der Waals surface area contributed by atoms with Crippen molar-refractivity contribution in [2.75, 3.05) is 10.6 Å². The van der Waals surface area contributed by atoms with Crippen LogP contribution in [0.25, 0.3) is 0 Å². The largest absolute Gasteiger partial charge is 0.272 e. The summed E-state index contributed by atoms with van der Waals surface area (Å²) in [5, 5.41) is 0.0929. The van der Waals surface area contributed by atoms with E-state index in [1.54, 1.807) is 37.3 Å². The van der Waals surface area contributed by atoms with Gasteiger partial charge in [-0.3, -0.25) is 9.78 Å². The number of carbonyl (C=O) groups is 1. The molecule has 0 unspecified atom stereocenters. The Morgan fingerprint density at radius 3 is 2.43 bits per heavy atom. The number of carbonyl (C=O) groups excluding carboxylic acids is 1. The molecule has 21 heavy (non-hydrogen) atoms. The van der Waals surface area contributed by atoms with Crippen LogP contribution in [0.2, 0.25) is 5.02 Å². The minimum Gasteiger partial charge on any atom is -0.268 e. The number of nitrogens with zero attached hydrogens (tertiary/aromatic N) is 2. The van der Waals surface area contributed by atoms with Gasteiger partial charge in [0.1, 0.15) is 0 Å². The Hall–Kier alpha value is -1.92. The molecular weight excluding hydrogens is 312 g/mol. The van der Waals surface area contributed by atoms with Gasteiger partial charge in [0, 0.05) is 17.5 Å². The molecule has 0 N–H and O–H groups in total. The molecular formula is C14H13ClN2O3S. The molecule has 0 saturated carbocycles. The van der Waals surface area contributed by atoms with E-state index in [0.717, 1.165) is 6.26 Å². The summed E-state index contributed by atoms with van der Waals surface area (Å²) in [6, 6.07) is 9.61. The first-order valence-corrected chi connectivity index (χ1v) is 8.25. The maximum Gasteiger partial charge on any atom is 0.272 e. The van der Waals surface area contributed by atoms with Gasteiger partial charge < -0.3 is 0 Å². The lowest BCUT2D eigenvalue weighted by atomic mass is 10.2. The van der Waals surface area contributed by atoms with Crippen LogP contribution in [0.3, 0.4) is 0 Å². The van der Waals surface area contributed by atoms with Crippen molar-refractivity contribution in [3.63, 3.8) is 0 Å². The van der Waals surface area contributed by atoms with E-state index < -0.39 is 15.9 Å². The fraction of sp³-hybridized carbons (Fsp3) is 0.143. The maximum absolute atomic E-state index is 12.5. The summed E-state index contributed by atoms with van der Waals surface area (Å²) < 4.78 is 24.8. The zero-order valence-electron chi connectivity index (χ0n) is 11.4. The summed E-state index contributed by atoms with van der Waals surface area (Å²) in [5.74, 6) is -0.661. The van der Waals surface area contributed by atoms with Crippen LogP contribution < -0.4 is 4.31 Å². The Bertz CT molecular complexity index is 776. The van der Waals surface area contributed by atoms with Gasteiger partial charge in [-0.25, -0.2) is 12.7 Å². The van der Waals surface area contributed by atoms with Gasteiger partial charge >= 0.3 is 0 Å². The third kappa shape index (κ3) is 3.40. The zero-order valence-corrected chi connectivity index (χ0v) is 13.0. The van der Waals surface area contributed by atoms with Crippen molar-refractivity contribution in [2.24, 2.45) is 0 Å². The van der Waals surface area contributed by atoms with Crippen LogP contribution in [-0.2, 0) is 10.0 Å². The molecule has 5 nitrogen and oxygen atoms in total. The van der Waals surface area contributed by atoms with E-state index in [9.17, 15) is 13.2 Å². The maximum atomic E-state index is 12.5. The average Bonchev–Trinajstić information content (AvgIpc) is 2.42. The van der Waals surface area contributed by atoms with Crippen molar-refractivity contribution >= 4 is 33.2 Å². The second-order valence-corrected chi connectivity index (χ2v) is 6.71. The fourth-order valence-corrected chi connectivity index (χ4v) is 2.97. The Morgan fingerprint density at radius 2 is 1.86 bits per heavy atom. The van der Waals surface area contributed by atoms with Gasteiger partial charge in [-0.1, -0.05) is 29.8 Å². The second kappa shape index (κ2) is 5.83. The number of amides is 1. The van der Waals surface area contributed by atoms with Crippen molar-refractivity contribution < 1.29 is 13.2 Å². The van der Waals surface area contributed by atoms with Crippen molar-refractivity contribution in [3.8, 4) is 0 Å². The average molecular weight is 325 g/mol. The molecule has 0 aliphatic rings. The Kier molecular flexibility index (Phi) is 4.29. The molecule has 0 aliphatic carbocycles. The number of halogens is 1. The predicted octanol–water partition coefficient (Wildman–Crippen LogP) is 2.65. The summed E-state index contributed by atoms with van der Waals surface area (Å²) in [7, 11) is -3.83. The van der Waals surface area contributed by atoms with E-state index in [2.05, 4.69) is 4.98 Å². The first-order valence-electron chi connectivity index (χ1n) is 6.02. The quantitative estimate of drug-likeness (QED) is 0.870. The van der Waals surface area contributed by atoms with E-state index >= 15 is 0 Å². The number of aromatic nitrogens is 1. The lowest BCUT2D eigenvalue weighted by molar-refractivity contribution is 0.101. The van der Waals surface area contributed by atoms with Gasteiger partial charge in [0.2, 0.25) is 10.0 Å². The summed E-state index contributed by atoms with van der Waals surface area (Å²) in [5.41, 5.74) is 0.915. The van der Waals surface area contributed by atoms with Crippen LogP contribution in [0.5, 0.6) is 0 Å². The molecule has 1 heterocycles. The number of hydrogen-bond donors (Lipinski definition) is 0. The van der Waals surface area contributed by atoms with Gasteiger partial charge in [-0.2, -0.15) is 0 Å². The van der Waals surface area contributed by atoms with Crippen LogP contribution >= 0.6 is 11.6 Å². The molecule has 2 rings (SSSR count). The lowest BCUT2D eigenvalue weighted by Crippen LogP contribution is -2.36. The Balaban J connectivity index is 2.61. The standard InChI is InChI=1S/C14H13ClN2O3S/c1-10-8-13(12(15)9-16-10)17(21(2,19)20)14(18)11-6-4-3-5-7-11/h3-9H,1-2H3. The van der Waals surface area contributed by atoms with Crippen LogP contribution in [0.15, 0.2) is 42.6 Å². The Morgan fingerprint density at radius 1 is 1.24 bits per heavy atom. The zero-order chi connectivity index (χ0) is 15.6. The van der Waals surface area contributed by atoms with Gasteiger partial charge in [0.15, 0.2) is 0 Å². The highest BCUT2D eigenvalue weighted by molar-refractivity contribution is 7.92. The molecule has 7 heteroatoms. The third-order valence-electron chi connectivity index (χ3n) is 2.73. The number of pyridine rings is 1. The number of aryl methyl sites for hydroxylation is 1. The number of rotatable bonds is 3. The molecule has 0 aliphatic heterocycles. The summed E-state index contributed by atoms with van der Waals surface area (Å²) in [6.45, 7) is 1.69. The first kappa shape index (κ1) is 15.5. The van der Waals surface area contributed by atoms with Crippen LogP contribution in [0, 0.1) is 6.92 Å². The second-order valence-electron chi connectivity index (χ2n) is 4.48. The van der Waals surface area contributed by atoms with Crippen molar-refractivity contribution in [1.29, 1.82) is 0 Å². The lowest BCUT2D eigenvalue weighted by Gasteiger charge is -2.21. The Labute approximate surface area is 128 Å².